The summed E-state index contributed by atoms with van der Waals surface area (Å²) in [5, 5.41) is 0. The molecule has 3 rings (SSSR count). The first-order chi connectivity index (χ1) is 11.0. The zero-order chi connectivity index (χ0) is 16.4. The summed E-state index contributed by atoms with van der Waals surface area (Å²) in [5.41, 5.74) is 2.14. The van der Waals surface area contributed by atoms with Gasteiger partial charge in [-0.3, -0.25) is 9.88 Å². The van der Waals surface area contributed by atoms with Gasteiger partial charge >= 0.3 is 6.18 Å². The van der Waals surface area contributed by atoms with E-state index < -0.39 is 12.0 Å². The Bertz CT molecular complexity index is 705. The van der Waals surface area contributed by atoms with Gasteiger partial charge in [0, 0.05) is 55.8 Å². The van der Waals surface area contributed by atoms with E-state index in [-0.39, 0.29) is 0 Å². The molecule has 23 heavy (non-hydrogen) atoms. The van der Waals surface area contributed by atoms with E-state index in [9.17, 15) is 13.2 Å². The van der Waals surface area contributed by atoms with Crippen LogP contribution in [0.4, 0.5) is 13.2 Å². The SMILES string of the molecule is COc1ccncc1CN1CCc2nc(C(F)(F)F)ncc2C1. The Hall–Kier alpha value is -2.22. The van der Waals surface area contributed by atoms with Crippen LogP contribution in [0.15, 0.2) is 24.7 Å². The van der Waals surface area contributed by atoms with Crippen molar-refractivity contribution in [1.29, 1.82) is 0 Å². The van der Waals surface area contributed by atoms with Gasteiger partial charge in [-0.05, 0) is 6.07 Å². The summed E-state index contributed by atoms with van der Waals surface area (Å²) in [4.78, 5) is 13.3. The predicted octanol–water partition coefficient (Wildman–Crippen LogP) is 2.46. The molecule has 2 aromatic heterocycles. The molecule has 0 radical (unpaired) electrons. The zero-order valence-corrected chi connectivity index (χ0v) is 12.5. The fraction of sp³-hybridized carbons (Fsp3) is 0.400. The number of hydrogen-bond acceptors (Lipinski definition) is 5. The standard InChI is InChI=1S/C15H15F3N4O/c1-23-13-2-4-19-6-11(13)9-22-5-3-12-10(8-22)7-20-14(21-12)15(16,17)18/h2,4,6-7H,3,5,8-9H2,1H3. The number of pyridine rings is 1. The van der Waals surface area contributed by atoms with Crippen LogP contribution in [0.3, 0.4) is 0 Å². The van der Waals surface area contributed by atoms with Crippen molar-refractivity contribution >= 4 is 0 Å². The van der Waals surface area contributed by atoms with Gasteiger partial charge in [0.05, 0.1) is 12.8 Å². The number of hydrogen-bond donors (Lipinski definition) is 0. The first-order valence-electron chi connectivity index (χ1n) is 7.08. The molecule has 0 N–H and O–H groups in total. The normalized spacial score (nSPS) is 15.3. The quantitative estimate of drug-likeness (QED) is 0.868. The van der Waals surface area contributed by atoms with Crippen molar-refractivity contribution in [2.24, 2.45) is 0 Å². The highest BCUT2D eigenvalue weighted by Crippen LogP contribution is 2.28. The molecule has 0 aliphatic carbocycles. The first kappa shape index (κ1) is 15.7. The Kier molecular flexibility index (Phi) is 4.16. The molecule has 0 unspecified atom stereocenters. The van der Waals surface area contributed by atoms with Crippen molar-refractivity contribution in [2.45, 2.75) is 25.7 Å². The third kappa shape index (κ3) is 3.42. The van der Waals surface area contributed by atoms with Gasteiger partial charge in [-0.1, -0.05) is 0 Å². The summed E-state index contributed by atoms with van der Waals surface area (Å²) in [6.45, 7) is 1.74. The monoisotopic (exact) mass is 324 g/mol. The van der Waals surface area contributed by atoms with Crippen LogP contribution >= 0.6 is 0 Å². The van der Waals surface area contributed by atoms with Gasteiger partial charge in [0.25, 0.3) is 0 Å². The Labute approximate surface area is 131 Å². The predicted molar refractivity (Wildman–Crippen MR) is 75.6 cm³/mol. The summed E-state index contributed by atoms with van der Waals surface area (Å²) in [7, 11) is 1.59. The van der Waals surface area contributed by atoms with Crippen molar-refractivity contribution < 1.29 is 17.9 Å². The van der Waals surface area contributed by atoms with Gasteiger partial charge in [0.15, 0.2) is 0 Å². The molecular weight excluding hydrogens is 309 g/mol. The van der Waals surface area contributed by atoms with E-state index >= 15 is 0 Å². The van der Waals surface area contributed by atoms with Crippen molar-refractivity contribution in [3.8, 4) is 5.75 Å². The van der Waals surface area contributed by atoms with Crippen LogP contribution in [0.25, 0.3) is 0 Å². The second-order valence-electron chi connectivity index (χ2n) is 5.31. The number of rotatable bonds is 3. The highest BCUT2D eigenvalue weighted by Gasteiger charge is 2.35. The molecule has 0 saturated carbocycles. The number of alkyl halides is 3. The van der Waals surface area contributed by atoms with Crippen LogP contribution < -0.4 is 4.74 Å². The molecule has 8 heteroatoms. The van der Waals surface area contributed by atoms with Gasteiger partial charge in [-0.2, -0.15) is 13.2 Å². The van der Waals surface area contributed by atoms with Crippen molar-refractivity contribution in [1.82, 2.24) is 19.9 Å². The van der Waals surface area contributed by atoms with E-state index in [1.54, 1.807) is 25.6 Å². The zero-order valence-electron chi connectivity index (χ0n) is 12.5. The molecule has 0 fully saturated rings. The molecule has 122 valence electrons. The van der Waals surface area contributed by atoms with E-state index in [0.717, 1.165) is 16.9 Å². The number of ether oxygens (including phenoxy) is 1. The summed E-state index contributed by atoms with van der Waals surface area (Å²) >= 11 is 0. The van der Waals surface area contributed by atoms with Crippen LogP contribution in [0.5, 0.6) is 5.75 Å². The maximum absolute atomic E-state index is 12.6. The lowest BCUT2D eigenvalue weighted by atomic mass is 10.1. The van der Waals surface area contributed by atoms with Crippen molar-refractivity contribution in [2.75, 3.05) is 13.7 Å². The van der Waals surface area contributed by atoms with Crippen LogP contribution in [0.1, 0.15) is 22.6 Å². The highest BCUT2D eigenvalue weighted by atomic mass is 19.4. The lowest BCUT2D eigenvalue weighted by Crippen LogP contribution is -2.31. The van der Waals surface area contributed by atoms with Crippen LogP contribution in [0, 0.1) is 0 Å². The first-order valence-corrected chi connectivity index (χ1v) is 7.08. The summed E-state index contributed by atoms with van der Waals surface area (Å²) < 4.78 is 43.2. The third-order valence-electron chi connectivity index (χ3n) is 3.74. The minimum absolute atomic E-state index is 0.462. The second-order valence-corrected chi connectivity index (χ2v) is 5.31. The number of aromatic nitrogens is 3. The Balaban J connectivity index is 1.76. The molecule has 0 bridgehead atoms. The molecule has 1 aliphatic heterocycles. The minimum Gasteiger partial charge on any atom is -0.496 e. The third-order valence-corrected chi connectivity index (χ3v) is 3.74. The maximum Gasteiger partial charge on any atom is 0.451 e. The fourth-order valence-corrected chi connectivity index (χ4v) is 2.62. The molecule has 0 atom stereocenters. The van der Waals surface area contributed by atoms with E-state index in [4.69, 9.17) is 4.74 Å². The van der Waals surface area contributed by atoms with E-state index in [2.05, 4.69) is 19.9 Å². The average Bonchev–Trinajstić information content (AvgIpc) is 2.54. The van der Waals surface area contributed by atoms with E-state index in [1.165, 1.54) is 6.20 Å². The van der Waals surface area contributed by atoms with Crippen LogP contribution in [-0.4, -0.2) is 33.5 Å². The van der Waals surface area contributed by atoms with Gasteiger partial charge < -0.3 is 4.74 Å². The summed E-state index contributed by atoms with van der Waals surface area (Å²) in [6.07, 6.45) is 0.620. The van der Waals surface area contributed by atoms with Crippen molar-refractivity contribution in [3.63, 3.8) is 0 Å². The van der Waals surface area contributed by atoms with E-state index in [0.29, 0.717) is 31.7 Å². The molecule has 0 saturated heterocycles. The van der Waals surface area contributed by atoms with Gasteiger partial charge in [-0.15, -0.1) is 0 Å². The fourth-order valence-electron chi connectivity index (χ4n) is 2.62. The molecule has 3 heterocycles. The molecule has 0 amide bonds. The number of fused-ring (bicyclic) bond motifs is 1. The van der Waals surface area contributed by atoms with Gasteiger partial charge in [-0.25, -0.2) is 9.97 Å². The molecule has 0 spiro atoms. The Morgan fingerprint density at radius 2 is 2.13 bits per heavy atom. The van der Waals surface area contributed by atoms with Crippen LogP contribution in [0.2, 0.25) is 0 Å². The number of nitrogens with zero attached hydrogens (tertiary/aromatic N) is 4. The summed E-state index contributed by atoms with van der Waals surface area (Å²) in [6, 6.07) is 1.78. The minimum atomic E-state index is -4.50. The van der Waals surface area contributed by atoms with E-state index in [1.807, 2.05) is 0 Å². The highest BCUT2D eigenvalue weighted by molar-refractivity contribution is 5.30. The average molecular weight is 324 g/mol. The summed E-state index contributed by atoms with van der Waals surface area (Å²) in [5.74, 6) is -0.326. The molecular formula is C15H15F3N4O. The topological polar surface area (TPSA) is 51.1 Å². The van der Waals surface area contributed by atoms with Gasteiger partial charge in [0.1, 0.15) is 5.75 Å². The molecule has 2 aromatic rings. The van der Waals surface area contributed by atoms with Crippen LogP contribution in [-0.2, 0) is 25.7 Å². The number of methoxy groups -OCH3 is 1. The lowest BCUT2D eigenvalue weighted by Gasteiger charge is -2.28. The smallest absolute Gasteiger partial charge is 0.451 e. The lowest BCUT2D eigenvalue weighted by molar-refractivity contribution is -0.145. The Morgan fingerprint density at radius 3 is 2.87 bits per heavy atom. The largest absolute Gasteiger partial charge is 0.496 e. The Morgan fingerprint density at radius 1 is 1.30 bits per heavy atom. The van der Waals surface area contributed by atoms with Gasteiger partial charge in [0.2, 0.25) is 5.82 Å². The van der Waals surface area contributed by atoms with Crippen molar-refractivity contribution in [3.05, 3.63) is 47.3 Å². The number of halogens is 3. The molecule has 0 aromatic carbocycles. The molecule has 1 aliphatic rings. The maximum atomic E-state index is 12.6. The second kappa shape index (κ2) is 6.11. The molecule has 5 nitrogen and oxygen atoms in total.